The van der Waals surface area contributed by atoms with E-state index in [1.165, 1.54) is 18.5 Å². The van der Waals surface area contributed by atoms with Crippen molar-refractivity contribution in [3.05, 3.63) is 0 Å². The molecule has 0 aromatic rings. The molecule has 0 aliphatic carbocycles. The first kappa shape index (κ1) is 23.4. The zero-order chi connectivity index (χ0) is 17.4. The molecule has 0 aromatic heterocycles. The molecular formula is C13H28F3O3PS. The molecule has 0 heterocycles. The summed E-state index contributed by atoms with van der Waals surface area (Å²) < 4.78 is 57.5. The molecule has 0 spiro atoms. The van der Waals surface area contributed by atoms with Gasteiger partial charge in [-0.3, -0.25) is 4.55 Å². The third-order valence-corrected chi connectivity index (χ3v) is 6.49. The fourth-order valence-corrected chi connectivity index (χ4v) is 5.32. The number of hydrogen-bond donors (Lipinski definition) is 1. The monoisotopic (exact) mass is 352 g/mol. The van der Waals surface area contributed by atoms with Crippen LogP contribution in [0.25, 0.3) is 0 Å². The van der Waals surface area contributed by atoms with Crippen molar-refractivity contribution in [2.75, 3.05) is 18.5 Å². The highest BCUT2D eigenvalue weighted by atomic mass is 32.2. The van der Waals surface area contributed by atoms with Gasteiger partial charge >= 0.3 is 15.6 Å². The maximum atomic E-state index is 10.7. The maximum Gasteiger partial charge on any atom is 0.522 e. The molecule has 0 saturated carbocycles. The van der Waals surface area contributed by atoms with E-state index in [0.29, 0.717) is 7.92 Å². The minimum atomic E-state index is -5.84. The molecule has 0 aliphatic rings. The van der Waals surface area contributed by atoms with Crippen LogP contribution in [0.3, 0.4) is 0 Å². The van der Waals surface area contributed by atoms with Crippen LogP contribution in [0.4, 0.5) is 13.2 Å². The van der Waals surface area contributed by atoms with E-state index in [4.69, 9.17) is 13.0 Å². The zero-order valence-electron chi connectivity index (χ0n) is 13.6. The van der Waals surface area contributed by atoms with Crippen LogP contribution in [0.1, 0.15) is 41.5 Å². The molecule has 0 bridgehead atoms. The van der Waals surface area contributed by atoms with E-state index >= 15 is 0 Å². The largest absolute Gasteiger partial charge is 0.522 e. The highest BCUT2D eigenvalue weighted by Crippen LogP contribution is 2.41. The average molecular weight is 352 g/mol. The Bertz CT molecular complexity index is 342. The third kappa shape index (κ3) is 14.8. The summed E-state index contributed by atoms with van der Waals surface area (Å²) in [5, 5.41) is 0. The molecule has 0 aromatic carbocycles. The SMILES string of the molecule is CC(C)CP(CC(C)C)CC(C)C.O=S(=O)(O)C(F)(F)F. The first-order chi connectivity index (χ1) is 9.16. The Kier molecular flexibility index (Phi) is 11.2. The summed E-state index contributed by atoms with van der Waals surface area (Å²) >= 11 is 0. The van der Waals surface area contributed by atoms with E-state index in [0.717, 1.165) is 17.8 Å². The van der Waals surface area contributed by atoms with Gasteiger partial charge in [0.05, 0.1) is 0 Å². The molecule has 0 saturated heterocycles. The van der Waals surface area contributed by atoms with E-state index in [1.54, 1.807) is 0 Å². The van der Waals surface area contributed by atoms with Crippen molar-refractivity contribution in [3.8, 4) is 0 Å². The molecule has 0 amide bonds. The average Bonchev–Trinajstić information content (AvgIpc) is 2.10. The van der Waals surface area contributed by atoms with Crippen molar-refractivity contribution < 1.29 is 26.1 Å². The van der Waals surface area contributed by atoms with Gasteiger partial charge < -0.3 is 0 Å². The van der Waals surface area contributed by atoms with E-state index < -0.39 is 15.6 Å². The molecule has 21 heavy (non-hydrogen) atoms. The van der Waals surface area contributed by atoms with E-state index in [9.17, 15) is 13.2 Å². The molecular weight excluding hydrogens is 324 g/mol. The Morgan fingerprint density at radius 2 is 1.05 bits per heavy atom. The Balaban J connectivity index is 0. The van der Waals surface area contributed by atoms with Crippen molar-refractivity contribution in [2.45, 2.75) is 47.1 Å². The van der Waals surface area contributed by atoms with Gasteiger partial charge in [-0.05, 0) is 36.2 Å². The minimum Gasteiger partial charge on any atom is -0.279 e. The van der Waals surface area contributed by atoms with Crippen LogP contribution in [0.15, 0.2) is 0 Å². The summed E-state index contributed by atoms with van der Waals surface area (Å²) in [6, 6.07) is 0. The lowest BCUT2D eigenvalue weighted by atomic mass is 10.3. The van der Waals surface area contributed by atoms with Gasteiger partial charge in [0.25, 0.3) is 0 Å². The van der Waals surface area contributed by atoms with Crippen molar-refractivity contribution in [1.29, 1.82) is 0 Å². The molecule has 0 atom stereocenters. The Labute approximate surface area is 128 Å². The van der Waals surface area contributed by atoms with Gasteiger partial charge in [0.1, 0.15) is 0 Å². The first-order valence-corrected chi connectivity index (χ1v) is 10.3. The molecule has 8 heteroatoms. The van der Waals surface area contributed by atoms with Crippen LogP contribution in [0.5, 0.6) is 0 Å². The second-order valence-corrected chi connectivity index (χ2v) is 10.2. The summed E-state index contributed by atoms with van der Waals surface area (Å²) in [6.45, 7) is 14.1. The summed E-state index contributed by atoms with van der Waals surface area (Å²) in [6.07, 6.45) is 4.43. The predicted octanol–water partition coefficient (Wildman–Crippen LogP) is 4.83. The molecule has 1 N–H and O–H groups in total. The lowest BCUT2D eigenvalue weighted by Crippen LogP contribution is -2.21. The van der Waals surface area contributed by atoms with Crippen LogP contribution in [-0.2, 0) is 10.1 Å². The van der Waals surface area contributed by atoms with Gasteiger partial charge in [-0.25, -0.2) is 0 Å². The fraction of sp³-hybridized carbons (Fsp3) is 1.00. The molecule has 0 fully saturated rings. The number of halogens is 3. The van der Waals surface area contributed by atoms with Gasteiger partial charge in [0.15, 0.2) is 0 Å². The van der Waals surface area contributed by atoms with Gasteiger partial charge in [-0.15, -0.1) is 7.92 Å². The molecule has 0 radical (unpaired) electrons. The van der Waals surface area contributed by atoms with E-state index in [-0.39, 0.29) is 0 Å². The quantitative estimate of drug-likeness (QED) is 0.423. The smallest absolute Gasteiger partial charge is 0.279 e. The molecule has 0 unspecified atom stereocenters. The van der Waals surface area contributed by atoms with Gasteiger partial charge in [-0.1, -0.05) is 41.5 Å². The van der Waals surface area contributed by atoms with Gasteiger partial charge in [-0.2, -0.15) is 21.6 Å². The highest BCUT2D eigenvalue weighted by Gasteiger charge is 2.44. The topological polar surface area (TPSA) is 54.4 Å². The first-order valence-electron chi connectivity index (χ1n) is 6.92. The van der Waals surface area contributed by atoms with Gasteiger partial charge in [0, 0.05) is 0 Å². The second kappa shape index (κ2) is 10.0. The second-order valence-electron chi connectivity index (χ2n) is 6.32. The lowest BCUT2D eigenvalue weighted by Gasteiger charge is -2.23. The van der Waals surface area contributed by atoms with Crippen LogP contribution < -0.4 is 0 Å². The number of hydrogen-bond acceptors (Lipinski definition) is 2. The van der Waals surface area contributed by atoms with Crippen LogP contribution in [-0.4, -0.2) is 37.0 Å². The van der Waals surface area contributed by atoms with Crippen LogP contribution >= 0.6 is 7.92 Å². The Morgan fingerprint density at radius 3 is 1.14 bits per heavy atom. The number of rotatable bonds is 6. The third-order valence-electron chi connectivity index (χ3n) is 2.16. The normalized spacial score (nSPS) is 13.0. The Morgan fingerprint density at radius 1 is 0.857 bits per heavy atom. The standard InChI is InChI=1S/C12H27P.CHF3O3S/c1-10(2)7-13(8-11(3)4)9-12(5)6;2-1(3,4)8(5,6)7/h10-12H,7-9H2,1-6H3;(H,5,6,7). The Hall–Kier alpha value is 0.130. The summed E-state index contributed by atoms with van der Waals surface area (Å²) in [4.78, 5) is 0. The van der Waals surface area contributed by atoms with E-state index in [1.807, 2.05) is 0 Å². The molecule has 0 aliphatic heterocycles. The summed E-state index contributed by atoms with van der Waals surface area (Å²) in [5.74, 6) is 2.68. The molecule has 130 valence electrons. The number of alkyl halides is 3. The summed E-state index contributed by atoms with van der Waals surface area (Å²) in [5.41, 5.74) is -5.53. The minimum absolute atomic E-state index is 0.321. The molecule has 3 nitrogen and oxygen atoms in total. The van der Waals surface area contributed by atoms with Crippen molar-refractivity contribution in [3.63, 3.8) is 0 Å². The van der Waals surface area contributed by atoms with Gasteiger partial charge in [0.2, 0.25) is 0 Å². The fourth-order valence-electron chi connectivity index (χ4n) is 1.77. The lowest BCUT2D eigenvalue weighted by molar-refractivity contribution is -0.0510. The molecule has 0 rings (SSSR count). The van der Waals surface area contributed by atoms with Crippen molar-refractivity contribution in [1.82, 2.24) is 0 Å². The zero-order valence-corrected chi connectivity index (χ0v) is 15.3. The van der Waals surface area contributed by atoms with Crippen LogP contribution in [0.2, 0.25) is 0 Å². The summed E-state index contributed by atoms with van der Waals surface area (Å²) in [7, 11) is -5.52. The highest BCUT2D eigenvalue weighted by molar-refractivity contribution is 7.86. The van der Waals surface area contributed by atoms with Crippen molar-refractivity contribution in [2.24, 2.45) is 17.8 Å². The van der Waals surface area contributed by atoms with Crippen LogP contribution in [0, 0.1) is 17.8 Å². The van der Waals surface area contributed by atoms with Crippen molar-refractivity contribution >= 4 is 18.0 Å². The maximum absolute atomic E-state index is 10.7. The predicted molar refractivity (Wildman–Crippen MR) is 83.6 cm³/mol. The van der Waals surface area contributed by atoms with E-state index in [2.05, 4.69) is 41.5 Å².